The molecule has 0 saturated heterocycles. The predicted molar refractivity (Wildman–Crippen MR) is 95.4 cm³/mol. The molecule has 3 nitrogen and oxygen atoms in total. The molecule has 1 unspecified atom stereocenters. The Bertz CT molecular complexity index is 815. The van der Waals surface area contributed by atoms with Crippen LogP contribution >= 0.6 is 23.2 Å². The van der Waals surface area contributed by atoms with Gasteiger partial charge in [-0.3, -0.25) is 0 Å². The van der Waals surface area contributed by atoms with Crippen molar-refractivity contribution in [2.45, 2.75) is 12.5 Å². The standard InChI is InChI=1S/C19H15Cl2NO2/c1-3-13-4-6-15(7-5-13)19(2,23)16-10-14(12-22)18(17(21)11-16)24-9-8-20/h1,4-7,10-11,23H,8-9H2,2H3. The Balaban J connectivity index is 2.48. The van der Waals surface area contributed by atoms with Crippen LogP contribution in [0, 0.1) is 23.7 Å². The van der Waals surface area contributed by atoms with Crippen LogP contribution in [-0.2, 0) is 5.60 Å². The van der Waals surface area contributed by atoms with Crippen LogP contribution in [0.5, 0.6) is 5.75 Å². The lowest BCUT2D eigenvalue weighted by Gasteiger charge is -2.25. The Morgan fingerprint density at radius 1 is 1.25 bits per heavy atom. The molecule has 1 N–H and O–H groups in total. The molecule has 2 rings (SSSR count). The number of nitrogens with zero attached hydrogens (tertiary/aromatic N) is 1. The van der Waals surface area contributed by atoms with Crippen molar-refractivity contribution in [3.8, 4) is 24.2 Å². The second-order valence-electron chi connectivity index (χ2n) is 5.28. The first-order chi connectivity index (χ1) is 11.4. The highest BCUT2D eigenvalue weighted by Crippen LogP contribution is 2.37. The van der Waals surface area contributed by atoms with Gasteiger partial charge in [-0.15, -0.1) is 18.0 Å². The van der Waals surface area contributed by atoms with Crippen molar-refractivity contribution in [2.75, 3.05) is 12.5 Å². The van der Waals surface area contributed by atoms with Gasteiger partial charge in [-0.2, -0.15) is 5.26 Å². The Hall–Kier alpha value is -2.17. The molecular weight excluding hydrogens is 345 g/mol. The first-order valence-electron chi connectivity index (χ1n) is 7.16. The van der Waals surface area contributed by atoms with Crippen LogP contribution in [0.15, 0.2) is 36.4 Å². The zero-order chi connectivity index (χ0) is 17.7. The summed E-state index contributed by atoms with van der Waals surface area (Å²) in [6, 6.07) is 12.2. The summed E-state index contributed by atoms with van der Waals surface area (Å²) in [5, 5.41) is 20.5. The lowest BCUT2D eigenvalue weighted by Crippen LogP contribution is -2.23. The Morgan fingerprint density at radius 2 is 1.92 bits per heavy atom. The van der Waals surface area contributed by atoms with Gasteiger partial charge in [0.1, 0.15) is 18.3 Å². The Labute approximate surface area is 151 Å². The summed E-state index contributed by atoms with van der Waals surface area (Å²) in [7, 11) is 0. The zero-order valence-electron chi connectivity index (χ0n) is 13.0. The molecule has 0 amide bonds. The summed E-state index contributed by atoms with van der Waals surface area (Å²) >= 11 is 11.8. The summed E-state index contributed by atoms with van der Waals surface area (Å²) in [6.45, 7) is 1.86. The van der Waals surface area contributed by atoms with Crippen molar-refractivity contribution in [2.24, 2.45) is 0 Å². The zero-order valence-corrected chi connectivity index (χ0v) is 14.5. The summed E-state index contributed by atoms with van der Waals surface area (Å²) in [5.41, 5.74) is 0.734. The lowest BCUT2D eigenvalue weighted by atomic mass is 9.87. The molecule has 0 radical (unpaired) electrons. The van der Waals surface area contributed by atoms with Gasteiger partial charge in [0.25, 0.3) is 0 Å². The molecule has 24 heavy (non-hydrogen) atoms. The molecule has 0 saturated carbocycles. The van der Waals surface area contributed by atoms with Gasteiger partial charge in [0, 0.05) is 5.56 Å². The van der Waals surface area contributed by atoms with E-state index in [-0.39, 0.29) is 28.8 Å². The maximum atomic E-state index is 11.0. The van der Waals surface area contributed by atoms with E-state index in [0.717, 1.165) is 5.56 Å². The number of halogens is 2. The maximum absolute atomic E-state index is 11.0. The van der Waals surface area contributed by atoms with Crippen molar-refractivity contribution in [3.63, 3.8) is 0 Å². The third-order valence-electron chi connectivity index (χ3n) is 3.66. The fourth-order valence-electron chi connectivity index (χ4n) is 2.30. The van der Waals surface area contributed by atoms with Crippen LogP contribution in [0.3, 0.4) is 0 Å². The molecule has 2 aromatic carbocycles. The largest absolute Gasteiger partial charge is 0.489 e. The Morgan fingerprint density at radius 3 is 2.46 bits per heavy atom. The molecule has 0 aliphatic carbocycles. The molecule has 0 aromatic heterocycles. The Kier molecular flexibility index (Phi) is 5.75. The second kappa shape index (κ2) is 7.60. The number of terminal acetylenes is 1. The predicted octanol–water partition coefficient (Wildman–Crippen LogP) is 4.07. The molecule has 5 heteroatoms. The first-order valence-corrected chi connectivity index (χ1v) is 8.07. The molecular formula is C19H15Cl2NO2. The summed E-state index contributed by atoms with van der Waals surface area (Å²) < 4.78 is 5.42. The van der Waals surface area contributed by atoms with E-state index < -0.39 is 5.60 Å². The van der Waals surface area contributed by atoms with Crippen LogP contribution in [0.4, 0.5) is 0 Å². The molecule has 0 aliphatic heterocycles. The van der Waals surface area contributed by atoms with Crippen molar-refractivity contribution in [3.05, 3.63) is 63.7 Å². The van der Waals surface area contributed by atoms with Crippen molar-refractivity contribution in [1.82, 2.24) is 0 Å². The summed E-state index contributed by atoms with van der Waals surface area (Å²) in [5.74, 6) is 3.07. The van der Waals surface area contributed by atoms with E-state index in [1.54, 1.807) is 43.3 Å². The number of rotatable bonds is 5. The topological polar surface area (TPSA) is 53.2 Å². The number of hydrogen-bond donors (Lipinski definition) is 1. The molecule has 0 aliphatic rings. The van der Waals surface area contributed by atoms with Crippen LogP contribution in [-0.4, -0.2) is 17.6 Å². The summed E-state index contributed by atoms with van der Waals surface area (Å²) in [6.07, 6.45) is 5.35. The monoisotopic (exact) mass is 359 g/mol. The van der Waals surface area contributed by atoms with E-state index in [1.165, 1.54) is 0 Å². The number of alkyl halides is 1. The second-order valence-corrected chi connectivity index (χ2v) is 6.06. The average molecular weight is 360 g/mol. The smallest absolute Gasteiger partial charge is 0.155 e. The van der Waals surface area contributed by atoms with Gasteiger partial charge >= 0.3 is 0 Å². The highest BCUT2D eigenvalue weighted by atomic mass is 35.5. The van der Waals surface area contributed by atoms with Crippen molar-refractivity contribution in [1.29, 1.82) is 5.26 Å². The highest BCUT2D eigenvalue weighted by Gasteiger charge is 2.28. The quantitative estimate of drug-likeness (QED) is 0.646. The van der Waals surface area contributed by atoms with Gasteiger partial charge in [0.15, 0.2) is 5.75 Å². The lowest BCUT2D eigenvalue weighted by molar-refractivity contribution is 0.102. The van der Waals surface area contributed by atoms with Crippen LogP contribution in [0.1, 0.15) is 29.2 Å². The molecule has 0 heterocycles. The third kappa shape index (κ3) is 3.66. The maximum Gasteiger partial charge on any atom is 0.155 e. The van der Waals surface area contributed by atoms with Crippen LogP contribution in [0.2, 0.25) is 5.02 Å². The van der Waals surface area contributed by atoms with Crippen molar-refractivity contribution >= 4 is 23.2 Å². The number of hydrogen-bond acceptors (Lipinski definition) is 3. The summed E-state index contributed by atoms with van der Waals surface area (Å²) in [4.78, 5) is 0. The number of nitriles is 1. The van der Waals surface area contributed by atoms with Crippen LogP contribution in [0.25, 0.3) is 0 Å². The van der Waals surface area contributed by atoms with Crippen molar-refractivity contribution < 1.29 is 9.84 Å². The van der Waals surface area contributed by atoms with Gasteiger partial charge in [0.2, 0.25) is 0 Å². The number of ether oxygens (including phenoxy) is 1. The average Bonchev–Trinajstić information content (AvgIpc) is 2.60. The van der Waals surface area contributed by atoms with Gasteiger partial charge in [-0.1, -0.05) is 29.7 Å². The van der Waals surface area contributed by atoms with Crippen LogP contribution < -0.4 is 4.74 Å². The van der Waals surface area contributed by atoms with Gasteiger partial charge < -0.3 is 9.84 Å². The molecule has 122 valence electrons. The van der Waals surface area contributed by atoms with E-state index in [2.05, 4.69) is 5.92 Å². The van der Waals surface area contributed by atoms with Gasteiger partial charge in [-0.25, -0.2) is 0 Å². The number of aliphatic hydroxyl groups is 1. The molecule has 0 bridgehead atoms. The fraction of sp³-hybridized carbons (Fsp3) is 0.211. The normalized spacial score (nSPS) is 12.8. The van der Waals surface area contributed by atoms with E-state index >= 15 is 0 Å². The van der Waals surface area contributed by atoms with Gasteiger partial charge in [-0.05, 0) is 42.3 Å². The molecule has 1 atom stereocenters. The third-order valence-corrected chi connectivity index (χ3v) is 4.10. The minimum atomic E-state index is -1.34. The van der Waals surface area contributed by atoms with E-state index in [4.69, 9.17) is 34.4 Å². The highest BCUT2D eigenvalue weighted by molar-refractivity contribution is 6.32. The molecule has 0 fully saturated rings. The number of benzene rings is 2. The first kappa shape index (κ1) is 18.2. The van der Waals surface area contributed by atoms with E-state index in [9.17, 15) is 10.4 Å². The molecule has 2 aromatic rings. The SMILES string of the molecule is C#Cc1ccc(C(C)(O)c2cc(Cl)c(OCCCl)c(C#N)c2)cc1. The van der Waals surface area contributed by atoms with Gasteiger partial charge in [0.05, 0.1) is 16.5 Å². The minimum Gasteiger partial charge on any atom is -0.489 e. The van der Waals surface area contributed by atoms with E-state index in [0.29, 0.717) is 11.1 Å². The minimum absolute atomic E-state index is 0.235. The fourth-order valence-corrected chi connectivity index (χ4v) is 2.65. The van der Waals surface area contributed by atoms with E-state index in [1.807, 2.05) is 6.07 Å². The molecule has 0 spiro atoms.